The number of pyridine rings is 1. The molecule has 0 aliphatic heterocycles. The maximum atomic E-state index is 11.8. The van der Waals surface area contributed by atoms with Gasteiger partial charge in [-0.05, 0) is 24.5 Å². The standard InChI is InChI=1S/C12H15ClN2O3/c1-7(2)5-10(12(17)18)15-11(16)9-4-3-8(13)6-14-9/h3-4,6-7,10H,5H2,1-2H3,(H,15,16)(H,17,18)/t10-/m0/s1. The molecular weight excluding hydrogens is 256 g/mol. The van der Waals surface area contributed by atoms with Crippen LogP contribution in [0.5, 0.6) is 0 Å². The van der Waals surface area contributed by atoms with E-state index in [1.165, 1.54) is 18.3 Å². The summed E-state index contributed by atoms with van der Waals surface area (Å²) in [7, 11) is 0. The summed E-state index contributed by atoms with van der Waals surface area (Å²) in [6.45, 7) is 3.78. The minimum absolute atomic E-state index is 0.148. The summed E-state index contributed by atoms with van der Waals surface area (Å²) in [4.78, 5) is 26.6. The highest BCUT2D eigenvalue weighted by Crippen LogP contribution is 2.08. The Hall–Kier alpha value is -1.62. The Morgan fingerprint density at radius 1 is 1.44 bits per heavy atom. The fourth-order valence-electron chi connectivity index (χ4n) is 1.44. The minimum atomic E-state index is -1.05. The zero-order valence-corrected chi connectivity index (χ0v) is 10.9. The summed E-state index contributed by atoms with van der Waals surface area (Å²) < 4.78 is 0. The van der Waals surface area contributed by atoms with Gasteiger partial charge in [0.15, 0.2) is 0 Å². The molecule has 1 aromatic rings. The van der Waals surface area contributed by atoms with Crippen LogP contribution in [-0.2, 0) is 4.79 Å². The number of amides is 1. The molecule has 2 N–H and O–H groups in total. The van der Waals surface area contributed by atoms with Gasteiger partial charge in [0, 0.05) is 6.20 Å². The van der Waals surface area contributed by atoms with Crippen molar-refractivity contribution >= 4 is 23.5 Å². The molecule has 98 valence electrons. The van der Waals surface area contributed by atoms with Crippen molar-refractivity contribution in [3.63, 3.8) is 0 Å². The molecule has 5 nitrogen and oxygen atoms in total. The molecule has 1 heterocycles. The summed E-state index contributed by atoms with van der Waals surface area (Å²) >= 11 is 5.65. The maximum absolute atomic E-state index is 11.8. The minimum Gasteiger partial charge on any atom is -0.480 e. The molecule has 0 spiro atoms. The van der Waals surface area contributed by atoms with Gasteiger partial charge in [-0.2, -0.15) is 0 Å². The van der Waals surface area contributed by atoms with Crippen molar-refractivity contribution in [3.8, 4) is 0 Å². The first kappa shape index (κ1) is 14.4. The second-order valence-corrected chi connectivity index (χ2v) is 4.79. The van der Waals surface area contributed by atoms with E-state index in [0.29, 0.717) is 11.4 Å². The predicted octanol–water partition coefficient (Wildman–Crippen LogP) is 1.96. The van der Waals surface area contributed by atoms with E-state index in [2.05, 4.69) is 10.3 Å². The highest BCUT2D eigenvalue weighted by molar-refractivity contribution is 6.30. The second kappa shape index (κ2) is 6.35. The Kier molecular flexibility index (Phi) is 5.09. The van der Waals surface area contributed by atoms with E-state index in [0.717, 1.165) is 0 Å². The van der Waals surface area contributed by atoms with Gasteiger partial charge in [0.1, 0.15) is 11.7 Å². The van der Waals surface area contributed by atoms with Crippen molar-refractivity contribution < 1.29 is 14.7 Å². The fraction of sp³-hybridized carbons (Fsp3) is 0.417. The molecule has 0 saturated heterocycles. The lowest BCUT2D eigenvalue weighted by atomic mass is 10.0. The fourth-order valence-corrected chi connectivity index (χ4v) is 1.55. The number of aliphatic carboxylic acids is 1. The Labute approximate surface area is 110 Å². The third-order valence-corrected chi connectivity index (χ3v) is 2.49. The van der Waals surface area contributed by atoms with Gasteiger partial charge in [-0.25, -0.2) is 9.78 Å². The van der Waals surface area contributed by atoms with Crippen LogP contribution in [0.4, 0.5) is 0 Å². The van der Waals surface area contributed by atoms with Crippen LogP contribution in [-0.4, -0.2) is 28.0 Å². The Morgan fingerprint density at radius 3 is 2.56 bits per heavy atom. The highest BCUT2D eigenvalue weighted by atomic mass is 35.5. The van der Waals surface area contributed by atoms with E-state index in [9.17, 15) is 9.59 Å². The van der Waals surface area contributed by atoms with Crippen molar-refractivity contribution in [2.45, 2.75) is 26.3 Å². The van der Waals surface area contributed by atoms with Crippen LogP contribution in [0, 0.1) is 5.92 Å². The number of nitrogens with one attached hydrogen (secondary N) is 1. The molecule has 1 amide bonds. The van der Waals surface area contributed by atoms with Gasteiger partial charge in [-0.15, -0.1) is 0 Å². The number of aromatic nitrogens is 1. The lowest BCUT2D eigenvalue weighted by Crippen LogP contribution is -2.41. The van der Waals surface area contributed by atoms with E-state index in [1.54, 1.807) is 0 Å². The maximum Gasteiger partial charge on any atom is 0.326 e. The SMILES string of the molecule is CC(C)C[C@H](NC(=O)c1ccc(Cl)cn1)C(=O)O. The average molecular weight is 271 g/mol. The van der Waals surface area contributed by atoms with Crippen molar-refractivity contribution in [3.05, 3.63) is 29.0 Å². The van der Waals surface area contributed by atoms with E-state index >= 15 is 0 Å². The van der Waals surface area contributed by atoms with E-state index < -0.39 is 17.9 Å². The summed E-state index contributed by atoms with van der Waals surface area (Å²) in [5, 5.41) is 11.9. The summed E-state index contributed by atoms with van der Waals surface area (Å²) in [5.41, 5.74) is 0.148. The predicted molar refractivity (Wildman–Crippen MR) is 67.6 cm³/mol. The second-order valence-electron chi connectivity index (χ2n) is 4.36. The number of nitrogens with zero attached hydrogens (tertiary/aromatic N) is 1. The van der Waals surface area contributed by atoms with Crippen molar-refractivity contribution in [1.82, 2.24) is 10.3 Å². The summed E-state index contributed by atoms with van der Waals surface area (Å²) in [6, 6.07) is 2.07. The Bertz CT molecular complexity index is 431. The molecule has 0 aliphatic rings. The first-order chi connectivity index (χ1) is 8.40. The first-order valence-electron chi connectivity index (χ1n) is 5.55. The molecule has 0 radical (unpaired) electrons. The van der Waals surface area contributed by atoms with Gasteiger partial charge in [-0.1, -0.05) is 25.4 Å². The summed E-state index contributed by atoms with van der Waals surface area (Å²) in [5.74, 6) is -1.39. The number of hydrogen-bond acceptors (Lipinski definition) is 3. The molecule has 0 unspecified atom stereocenters. The Balaban J connectivity index is 2.72. The lowest BCUT2D eigenvalue weighted by Gasteiger charge is -2.16. The number of carboxylic acid groups (broad SMARTS) is 1. The van der Waals surface area contributed by atoms with Gasteiger partial charge in [0.25, 0.3) is 5.91 Å². The summed E-state index contributed by atoms with van der Waals surface area (Å²) in [6.07, 6.45) is 1.71. The topological polar surface area (TPSA) is 79.3 Å². The number of carbonyl (C=O) groups excluding carboxylic acids is 1. The van der Waals surface area contributed by atoms with Gasteiger partial charge in [-0.3, -0.25) is 4.79 Å². The third kappa shape index (κ3) is 4.33. The van der Waals surface area contributed by atoms with Gasteiger partial charge in [0.05, 0.1) is 5.02 Å². The normalized spacial score (nSPS) is 12.2. The van der Waals surface area contributed by atoms with Crippen LogP contribution in [0.1, 0.15) is 30.8 Å². The zero-order chi connectivity index (χ0) is 13.7. The van der Waals surface area contributed by atoms with E-state index in [-0.39, 0.29) is 11.6 Å². The van der Waals surface area contributed by atoms with E-state index in [1.807, 2.05) is 13.8 Å². The lowest BCUT2D eigenvalue weighted by molar-refractivity contribution is -0.139. The van der Waals surface area contributed by atoms with Crippen LogP contribution in [0.3, 0.4) is 0 Å². The molecule has 0 aliphatic carbocycles. The monoisotopic (exact) mass is 270 g/mol. The van der Waals surface area contributed by atoms with Crippen LogP contribution in [0.15, 0.2) is 18.3 Å². The van der Waals surface area contributed by atoms with Crippen LogP contribution >= 0.6 is 11.6 Å². The Morgan fingerprint density at radius 2 is 2.11 bits per heavy atom. The van der Waals surface area contributed by atoms with Crippen LogP contribution < -0.4 is 5.32 Å². The number of halogens is 1. The molecule has 0 aromatic carbocycles. The molecule has 1 atom stereocenters. The van der Waals surface area contributed by atoms with Crippen molar-refractivity contribution in [2.75, 3.05) is 0 Å². The molecule has 0 bridgehead atoms. The van der Waals surface area contributed by atoms with Gasteiger partial charge < -0.3 is 10.4 Å². The number of carbonyl (C=O) groups is 2. The van der Waals surface area contributed by atoms with Gasteiger partial charge in [0.2, 0.25) is 0 Å². The average Bonchev–Trinajstić information content (AvgIpc) is 2.28. The smallest absolute Gasteiger partial charge is 0.326 e. The van der Waals surface area contributed by atoms with Gasteiger partial charge >= 0.3 is 5.97 Å². The molecule has 1 aromatic heterocycles. The molecular formula is C12H15ClN2O3. The number of carboxylic acids is 1. The number of hydrogen-bond donors (Lipinski definition) is 2. The molecule has 0 saturated carbocycles. The largest absolute Gasteiger partial charge is 0.480 e. The van der Waals surface area contributed by atoms with Crippen molar-refractivity contribution in [1.29, 1.82) is 0 Å². The van der Waals surface area contributed by atoms with Crippen LogP contribution in [0.25, 0.3) is 0 Å². The number of rotatable bonds is 5. The molecule has 1 rings (SSSR count). The quantitative estimate of drug-likeness (QED) is 0.857. The third-order valence-electron chi connectivity index (χ3n) is 2.27. The van der Waals surface area contributed by atoms with E-state index in [4.69, 9.17) is 16.7 Å². The molecule has 0 fully saturated rings. The molecule has 18 heavy (non-hydrogen) atoms. The zero-order valence-electron chi connectivity index (χ0n) is 10.2. The highest BCUT2D eigenvalue weighted by Gasteiger charge is 2.22. The van der Waals surface area contributed by atoms with Crippen LogP contribution in [0.2, 0.25) is 5.02 Å². The van der Waals surface area contributed by atoms with Crippen molar-refractivity contribution in [2.24, 2.45) is 5.92 Å². The first-order valence-corrected chi connectivity index (χ1v) is 5.93. The molecule has 6 heteroatoms.